The number of pyridine rings is 1. The first-order chi connectivity index (χ1) is 7.49. The number of rotatable bonds is 4. The molecule has 4 nitrogen and oxygen atoms in total. The third-order valence-corrected chi connectivity index (χ3v) is 2.27. The molecule has 0 fully saturated rings. The van der Waals surface area contributed by atoms with Gasteiger partial charge in [0.05, 0.1) is 12.6 Å². The van der Waals surface area contributed by atoms with Gasteiger partial charge in [0.15, 0.2) is 0 Å². The van der Waals surface area contributed by atoms with Crippen LogP contribution in [0.25, 0.3) is 0 Å². The van der Waals surface area contributed by atoms with Gasteiger partial charge in [-0.15, -0.1) is 0 Å². The fourth-order valence-corrected chi connectivity index (χ4v) is 1.39. The average Bonchev–Trinajstić information content (AvgIpc) is 2.16. The average molecular weight is 221 g/mol. The summed E-state index contributed by atoms with van der Waals surface area (Å²) in [6, 6.07) is 3.94. The number of nitrogens with zero attached hydrogens (tertiary/aromatic N) is 2. The zero-order valence-corrected chi connectivity index (χ0v) is 10.3. The zero-order valence-electron chi connectivity index (χ0n) is 10.3. The molecule has 1 aromatic heterocycles. The van der Waals surface area contributed by atoms with E-state index < -0.39 is 0 Å². The molecule has 4 heteroatoms. The molecule has 1 amide bonds. The van der Waals surface area contributed by atoms with Crippen LogP contribution in [-0.4, -0.2) is 36.4 Å². The van der Waals surface area contributed by atoms with Crippen molar-refractivity contribution in [2.24, 2.45) is 0 Å². The normalized spacial score (nSPS) is 12.6. The van der Waals surface area contributed by atoms with Crippen LogP contribution in [0.1, 0.15) is 24.2 Å². The zero-order chi connectivity index (χ0) is 12.1. The highest BCUT2D eigenvalue weighted by Crippen LogP contribution is 2.10. The molecule has 1 unspecified atom stereocenters. The van der Waals surface area contributed by atoms with Crippen molar-refractivity contribution in [1.82, 2.24) is 15.2 Å². The minimum Gasteiger partial charge on any atom is -0.348 e. The second kappa shape index (κ2) is 5.61. The fourth-order valence-electron chi connectivity index (χ4n) is 1.39. The Kier molecular flexibility index (Phi) is 4.43. The van der Waals surface area contributed by atoms with E-state index in [9.17, 15) is 4.79 Å². The molecule has 0 aromatic carbocycles. The largest absolute Gasteiger partial charge is 0.348 e. The van der Waals surface area contributed by atoms with Crippen molar-refractivity contribution >= 4 is 5.91 Å². The minimum absolute atomic E-state index is 0.000509. The Morgan fingerprint density at radius 2 is 2.19 bits per heavy atom. The topological polar surface area (TPSA) is 45.2 Å². The van der Waals surface area contributed by atoms with E-state index >= 15 is 0 Å². The van der Waals surface area contributed by atoms with Crippen LogP contribution in [0.2, 0.25) is 0 Å². The lowest BCUT2D eigenvalue weighted by atomic mass is 10.1. The molecule has 0 aliphatic rings. The molecule has 1 atom stereocenters. The summed E-state index contributed by atoms with van der Waals surface area (Å²) in [5.41, 5.74) is 2.01. The first-order valence-electron chi connectivity index (χ1n) is 5.35. The quantitative estimate of drug-likeness (QED) is 0.829. The monoisotopic (exact) mass is 221 g/mol. The lowest BCUT2D eigenvalue weighted by molar-refractivity contribution is -0.122. The van der Waals surface area contributed by atoms with Crippen molar-refractivity contribution in [3.8, 4) is 0 Å². The number of aromatic nitrogens is 1. The van der Waals surface area contributed by atoms with Gasteiger partial charge in [-0.25, -0.2) is 0 Å². The first kappa shape index (κ1) is 12.6. The predicted molar refractivity (Wildman–Crippen MR) is 64.1 cm³/mol. The lowest BCUT2D eigenvalue weighted by Gasteiger charge is -2.16. The van der Waals surface area contributed by atoms with Gasteiger partial charge in [0.25, 0.3) is 0 Å². The second-order valence-corrected chi connectivity index (χ2v) is 4.26. The maximum atomic E-state index is 11.5. The van der Waals surface area contributed by atoms with Crippen molar-refractivity contribution in [3.05, 3.63) is 29.6 Å². The van der Waals surface area contributed by atoms with Gasteiger partial charge in [-0.3, -0.25) is 9.78 Å². The smallest absolute Gasteiger partial charge is 0.234 e. The van der Waals surface area contributed by atoms with Gasteiger partial charge in [-0.2, -0.15) is 0 Å². The van der Waals surface area contributed by atoms with Crippen LogP contribution in [0.5, 0.6) is 0 Å². The van der Waals surface area contributed by atoms with Crippen LogP contribution in [0.15, 0.2) is 18.3 Å². The Balaban J connectivity index is 2.55. The van der Waals surface area contributed by atoms with Crippen molar-refractivity contribution in [1.29, 1.82) is 0 Å². The standard InChI is InChI=1S/C12H19N3O/c1-9-5-6-11(7-13-9)10(2)14-12(16)8-15(3)4/h5-7,10H,8H2,1-4H3,(H,14,16). The summed E-state index contributed by atoms with van der Waals surface area (Å²) < 4.78 is 0. The maximum Gasteiger partial charge on any atom is 0.234 e. The van der Waals surface area contributed by atoms with Gasteiger partial charge in [0.2, 0.25) is 5.91 Å². The molecule has 1 rings (SSSR count). The van der Waals surface area contributed by atoms with E-state index in [0.717, 1.165) is 11.3 Å². The number of hydrogen-bond donors (Lipinski definition) is 1. The van der Waals surface area contributed by atoms with Gasteiger partial charge in [0.1, 0.15) is 0 Å². The number of likely N-dealkylation sites (N-methyl/N-ethyl adjacent to an activating group) is 1. The van der Waals surface area contributed by atoms with E-state index in [4.69, 9.17) is 0 Å². The molecule has 0 radical (unpaired) electrons. The van der Waals surface area contributed by atoms with Gasteiger partial charge in [0, 0.05) is 11.9 Å². The Morgan fingerprint density at radius 3 is 2.69 bits per heavy atom. The molecular formula is C12H19N3O. The van der Waals surface area contributed by atoms with Crippen LogP contribution in [0, 0.1) is 6.92 Å². The van der Waals surface area contributed by atoms with Crippen molar-refractivity contribution in [2.45, 2.75) is 19.9 Å². The minimum atomic E-state index is 0.000509. The summed E-state index contributed by atoms with van der Waals surface area (Å²) in [6.45, 7) is 4.31. The number of hydrogen-bond acceptors (Lipinski definition) is 3. The van der Waals surface area contributed by atoms with Gasteiger partial charge >= 0.3 is 0 Å². The number of amides is 1. The van der Waals surface area contributed by atoms with Crippen molar-refractivity contribution in [3.63, 3.8) is 0 Å². The molecule has 0 aliphatic carbocycles. The SMILES string of the molecule is Cc1ccc(C(C)NC(=O)CN(C)C)cn1. The number of carbonyl (C=O) groups is 1. The van der Waals surface area contributed by atoms with Crippen LogP contribution in [0.4, 0.5) is 0 Å². The molecular weight excluding hydrogens is 202 g/mol. The molecule has 0 aliphatic heterocycles. The fraction of sp³-hybridized carbons (Fsp3) is 0.500. The first-order valence-corrected chi connectivity index (χ1v) is 5.35. The van der Waals surface area contributed by atoms with Crippen LogP contribution in [-0.2, 0) is 4.79 Å². The van der Waals surface area contributed by atoms with E-state index in [1.807, 2.05) is 45.0 Å². The molecule has 0 bridgehead atoms. The number of carbonyl (C=O) groups excluding carboxylic acids is 1. The molecule has 88 valence electrons. The van der Waals surface area contributed by atoms with Crippen LogP contribution in [0.3, 0.4) is 0 Å². The summed E-state index contributed by atoms with van der Waals surface area (Å²) in [6.07, 6.45) is 1.80. The van der Waals surface area contributed by atoms with Crippen molar-refractivity contribution in [2.75, 3.05) is 20.6 Å². The maximum absolute atomic E-state index is 11.5. The van der Waals surface area contributed by atoms with E-state index in [1.54, 1.807) is 6.20 Å². The lowest BCUT2D eigenvalue weighted by Crippen LogP contribution is -2.34. The van der Waals surface area contributed by atoms with Gasteiger partial charge < -0.3 is 10.2 Å². The van der Waals surface area contributed by atoms with Crippen LogP contribution >= 0.6 is 0 Å². The van der Waals surface area contributed by atoms with E-state index in [-0.39, 0.29) is 11.9 Å². The summed E-state index contributed by atoms with van der Waals surface area (Å²) >= 11 is 0. The number of nitrogens with one attached hydrogen (secondary N) is 1. The Morgan fingerprint density at radius 1 is 1.50 bits per heavy atom. The highest BCUT2D eigenvalue weighted by atomic mass is 16.2. The Hall–Kier alpha value is -1.42. The molecule has 1 N–H and O–H groups in total. The summed E-state index contributed by atoms with van der Waals surface area (Å²) in [5.74, 6) is 0.0260. The second-order valence-electron chi connectivity index (χ2n) is 4.26. The Bertz CT molecular complexity index is 346. The highest BCUT2D eigenvalue weighted by Gasteiger charge is 2.09. The van der Waals surface area contributed by atoms with E-state index in [0.29, 0.717) is 6.54 Å². The Labute approximate surface area is 96.7 Å². The molecule has 16 heavy (non-hydrogen) atoms. The molecule has 1 heterocycles. The van der Waals surface area contributed by atoms with E-state index in [1.165, 1.54) is 0 Å². The molecule has 0 spiro atoms. The summed E-state index contributed by atoms with van der Waals surface area (Å²) in [5, 5.41) is 2.93. The van der Waals surface area contributed by atoms with Crippen molar-refractivity contribution < 1.29 is 4.79 Å². The summed E-state index contributed by atoms with van der Waals surface area (Å²) in [7, 11) is 3.75. The van der Waals surface area contributed by atoms with E-state index in [2.05, 4.69) is 10.3 Å². The summed E-state index contributed by atoms with van der Waals surface area (Å²) in [4.78, 5) is 17.6. The van der Waals surface area contributed by atoms with Gasteiger partial charge in [-0.1, -0.05) is 6.07 Å². The molecule has 1 aromatic rings. The van der Waals surface area contributed by atoms with Crippen LogP contribution < -0.4 is 5.32 Å². The number of aryl methyl sites for hydroxylation is 1. The molecule has 0 saturated heterocycles. The molecule has 0 saturated carbocycles. The third-order valence-electron chi connectivity index (χ3n) is 2.27. The van der Waals surface area contributed by atoms with Gasteiger partial charge in [-0.05, 0) is 39.6 Å². The highest BCUT2D eigenvalue weighted by molar-refractivity contribution is 5.78. The third kappa shape index (κ3) is 3.98. The predicted octanol–water partition coefficient (Wildman–Crippen LogP) is 1.13.